The van der Waals surface area contributed by atoms with Crippen molar-refractivity contribution in [1.82, 2.24) is 4.90 Å². The SMILES string of the molecule is C/C=C\C(C)C1CCCN1C(=O)CN. The van der Waals surface area contributed by atoms with Gasteiger partial charge in [0.2, 0.25) is 5.91 Å². The van der Waals surface area contributed by atoms with E-state index in [1.807, 2.05) is 17.9 Å². The molecule has 0 saturated carbocycles. The molecule has 0 spiro atoms. The van der Waals surface area contributed by atoms with Gasteiger partial charge in [0.1, 0.15) is 0 Å². The van der Waals surface area contributed by atoms with Crippen LogP contribution in [0.15, 0.2) is 12.2 Å². The molecule has 3 heteroatoms. The molecular weight excluding hydrogens is 176 g/mol. The van der Waals surface area contributed by atoms with Crippen molar-refractivity contribution in [2.75, 3.05) is 13.1 Å². The fourth-order valence-corrected chi connectivity index (χ4v) is 2.20. The molecule has 0 radical (unpaired) electrons. The predicted octanol–water partition coefficient (Wildman–Crippen LogP) is 1.15. The second kappa shape index (κ2) is 5.15. The van der Waals surface area contributed by atoms with Crippen LogP contribution >= 0.6 is 0 Å². The molecule has 0 aromatic carbocycles. The summed E-state index contributed by atoms with van der Waals surface area (Å²) in [6, 6.07) is 0.363. The standard InChI is InChI=1S/C11H20N2O/c1-3-5-9(2)10-6-4-7-13(10)11(14)8-12/h3,5,9-10H,4,6-8,12H2,1-2H3/b5-3-. The first-order chi connectivity index (χ1) is 6.70. The van der Waals surface area contributed by atoms with Gasteiger partial charge in [-0.25, -0.2) is 0 Å². The van der Waals surface area contributed by atoms with Crippen LogP contribution in [0.1, 0.15) is 26.7 Å². The zero-order valence-electron chi connectivity index (χ0n) is 9.07. The first-order valence-corrected chi connectivity index (χ1v) is 5.33. The number of nitrogens with zero attached hydrogens (tertiary/aromatic N) is 1. The predicted molar refractivity (Wildman–Crippen MR) is 57.8 cm³/mol. The highest BCUT2D eigenvalue weighted by Crippen LogP contribution is 2.24. The molecule has 1 rings (SSSR count). The Morgan fingerprint density at radius 2 is 2.43 bits per heavy atom. The number of carbonyl (C=O) groups excluding carboxylic acids is 1. The van der Waals surface area contributed by atoms with Gasteiger partial charge in [0.15, 0.2) is 0 Å². The van der Waals surface area contributed by atoms with Gasteiger partial charge in [0.25, 0.3) is 0 Å². The van der Waals surface area contributed by atoms with E-state index in [4.69, 9.17) is 5.73 Å². The first-order valence-electron chi connectivity index (χ1n) is 5.33. The summed E-state index contributed by atoms with van der Waals surface area (Å²) in [7, 11) is 0. The second-order valence-electron chi connectivity index (χ2n) is 3.89. The second-order valence-corrected chi connectivity index (χ2v) is 3.89. The molecule has 0 aromatic heterocycles. The highest BCUT2D eigenvalue weighted by atomic mass is 16.2. The van der Waals surface area contributed by atoms with E-state index in [0.717, 1.165) is 19.4 Å². The lowest BCUT2D eigenvalue weighted by Crippen LogP contribution is -2.42. The van der Waals surface area contributed by atoms with Gasteiger partial charge in [-0.1, -0.05) is 19.1 Å². The molecule has 1 aliphatic rings. The number of amides is 1. The van der Waals surface area contributed by atoms with Crippen LogP contribution in [0.5, 0.6) is 0 Å². The average molecular weight is 196 g/mol. The third kappa shape index (κ3) is 2.35. The van der Waals surface area contributed by atoms with E-state index in [1.54, 1.807) is 0 Å². The lowest BCUT2D eigenvalue weighted by Gasteiger charge is -2.27. The Bertz CT molecular complexity index is 225. The Morgan fingerprint density at radius 1 is 1.71 bits per heavy atom. The van der Waals surface area contributed by atoms with Crippen LogP contribution < -0.4 is 5.73 Å². The molecule has 0 aliphatic carbocycles. The van der Waals surface area contributed by atoms with Crippen molar-refractivity contribution in [3.8, 4) is 0 Å². The van der Waals surface area contributed by atoms with Crippen molar-refractivity contribution in [2.24, 2.45) is 11.7 Å². The minimum absolute atomic E-state index is 0.0869. The number of allylic oxidation sites excluding steroid dienone is 1. The van der Waals surface area contributed by atoms with Crippen molar-refractivity contribution in [1.29, 1.82) is 0 Å². The van der Waals surface area contributed by atoms with Crippen molar-refractivity contribution >= 4 is 5.91 Å². The van der Waals surface area contributed by atoms with Gasteiger partial charge in [-0.3, -0.25) is 4.79 Å². The molecule has 0 aromatic rings. The van der Waals surface area contributed by atoms with Gasteiger partial charge in [0.05, 0.1) is 6.54 Å². The number of carbonyl (C=O) groups is 1. The summed E-state index contributed by atoms with van der Waals surface area (Å²) in [5.74, 6) is 0.529. The Balaban J connectivity index is 2.63. The average Bonchev–Trinajstić information content (AvgIpc) is 2.65. The number of likely N-dealkylation sites (tertiary alicyclic amines) is 1. The van der Waals surface area contributed by atoms with Gasteiger partial charge < -0.3 is 10.6 Å². The molecule has 3 nitrogen and oxygen atoms in total. The Hall–Kier alpha value is -0.830. The lowest BCUT2D eigenvalue weighted by molar-refractivity contribution is -0.131. The molecule has 80 valence electrons. The summed E-state index contributed by atoms with van der Waals surface area (Å²) >= 11 is 0. The van der Waals surface area contributed by atoms with E-state index in [0.29, 0.717) is 12.0 Å². The van der Waals surface area contributed by atoms with Crippen molar-refractivity contribution in [3.05, 3.63) is 12.2 Å². The molecule has 2 atom stereocenters. The minimum Gasteiger partial charge on any atom is -0.338 e. The number of nitrogens with two attached hydrogens (primary N) is 1. The molecule has 1 heterocycles. The maximum Gasteiger partial charge on any atom is 0.236 e. The van der Waals surface area contributed by atoms with Gasteiger partial charge in [-0.05, 0) is 25.7 Å². The number of hydrogen-bond donors (Lipinski definition) is 1. The van der Waals surface area contributed by atoms with E-state index in [-0.39, 0.29) is 12.5 Å². The summed E-state index contributed by atoms with van der Waals surface area (Å²) in [6.07, 6.45) is 6.43. The Morgan fingerprint density at radius 3 is 3.00 bits per heavy atom. The molecule has 1 aliphatic heterocycles. The van der Waals surface area contributed by atoms with Gasteiger partial charge in [0, 0.05) is 12.6 Å². The third-order valence-electron chi connectivity index (χ3n) is 2.90. The summed E-state index contributed by atoms with van der Waals surface area (Å²) in [5.41, 5.74) is 5.38. The van der Waals surface area contributed by atoms with Crippen molar-refractivity contribution in [3.63, 3.8) is 0 Å². The fourth-order valence-electron chi connectivity index (χ4n) is 2.20. The van der Waals surface area contributed by atoms with Crippen LogP contribution in [-0.4, -0.2) is 29.9 Å². The van der Waals surface area contributed by atoms with Gasteiger partial charge >= 0.3 is 0 Å². The highest BCUT2D eigenvalue weighted by Gasteiger charge is 2.30. The largest absolute Gasteiger partial charge is 0.338 e. The zero-order valence-corrected chi connectivity index (χ0v) is 9.07. The van der Waals surface area contributed by atoms with Gasteiger partial charge in [-0.15, -0.1) is 0 Å². The van der Waals surface area contributed by atoms with E-state index < -0.39 is 0 Å². The summed E-state index contributed by atoms with van der Waals surface area (Å²) in [6.45, 7) is 5.19. The maximum absolute atomic E-state index is 11.5. The van der Waals surface area contributed by atoms with E-state index in [2.05, 4.69) is 13.0 Å². The van der Waals surface area contributed by atoms with Crippen LogP contribution in [-0.2, 0) is 4.79 Å². The van der Waals surface area contributed by atoms with E-state index in [9.17, 15) is 4.79 Å². The van der Waals surface area contributed by atoms with E-state index in [1.165, 1.54) is 0 Å². The Labute approximate surface area is 86.0 Å². The van der Waals surface area contributed by atoms with Gasteiger partial charge in [-0.2, -0.15) is 0 Å². The first kappa shape index (κ1) is 11.2. The van der Waals surface area contributed by atoms with Crippen molar-refractivity contribution < 1.29 is 4.79 Å². The molecule has 2 unspecified atom stereocenters. The zero-order chi connectivity index (χ0) is 10.6. The molecule has 1 fully saturated rings. The quantitative estimate of drug-likeness (QED) is 0.688. The van der Waals surface area contributed by atoms with Crippen LogP contribution in [0, 0.1) is 5.92 Å². The molecular formula is C11H20N2O. The van der Waals surface area contributed by atoms with Crippen LogP contribution in [0.25, 0.3) is 0 Å². The summed E-state index contributed by atoms with van der Waals surface area (Å²) < 4.78 is 0. The Kier molecular flexibility index (Phi) is 4.14. The molecule has 2 N–H and O–H groups in total. The molecule has 14 heavy (non-hydrogen) atoms. The molecule has 1 saturated heterocycles. The van der Waals surface area contributed by atoms with Crippen LogP contribution in [0.3, 0.4) is 0 Å². The maximum atomic E-state index is 11.5. The number of rotatable bonds is 3. The summed E-state index contributed by atoms with van der Waals surface area (Å²) in [4.78, 5) is 13.4. The van der Waals surface area contributed by atoms with Crippen molar-refractivity contribution in [2.45, 2.75) is 32.7 Å². The smallest absolute Gasteiger partial charge is 0.236 e. The van der Waals surface area contributed by atoms with Crippen LogP contribution in [0.2, 0.25) is 0 Å². The number of hydrogen-bond acceptors (Lipinski definition) is 2. The molecule has 0 bridgehead atoms. The van der Waals surface area contributed by atoms with Crippen LogP contribution in [0.4, 0.5) is 0 Å². The monoisotopic (exact) mass is 196 g/mol. The normalized spacial score (nSPS) is 24.5. The third-order valence-corrected chi connectivity index (χ3v) is 2.90. The lowest BCUT2D eigenvalue weighted by atomic mass is 9.99. The highest BCUT2D eigenvalue weighted by molar-refractivity contribution is 5.78. The molecule has 1 amide bonds. The van der Waals surface area contributed by atoms with E-state index >= 15 is 0 Å². The topological polar surface area (TPSA) is 46.3 Å². The fraction of sp³-hybridized carbons (Fsp3) is 0.727. The minimum atomic E-state index is 0.0869. The summed E-state index contributed by atoms with van der Waals surface area (Å²) in [5, 5.41) is 0.